The number of carbonyl (C=O) groups excluding carboxylic acids is 2. The zero-order valence-corrected chi connectivity index (χ0v) is 17.3. The van der Waals surface area contributed by atoms with Crippen molar-refractivity contribution in [3.05, 3.63) is 48.4 Å². The zero-order chi connectivity index (χ0) is 21.1. The Hall–Kier alpha value is -3.16. The van der Waals surface area contributed by atoms with Crippen LogP contribution in [0, 0.1) is 11.3 Å². The third kappa shape index (κ3) is 3.81. The number of hydrogen-bond acceptors (Lipinski definition) is 7. The smallest absolute Gasteiger partial charge is 0.310 e. The van der Waals surface area contributed by atoms with E-state index in [0.717, 1.165) is 17.1 Å². The molecule has 2 aromatic rings. The number of aromatic nitrogens is 2. The van der Waals surface area contributed by atoms with Gasteiger partial charge in [0.1, 0.15) is 11.6 Å². The highest BCUT2D eigenvalue weighted by molar-refractivity contribution is 5.87. The van der Waals surface area contributed by atoms with Crippen LogP contribution in [0.5, 0.6) is 5.75 Å². The van der Waals surface area contributed by atoms with Gasteiger partial charge in [-0.3, -0.25) is 14.6 Å². The van der Waals surface area contributed by atoms with Gasteiger partial charge in [0.2, 0.25) is 5.91 Å². The number of nitrogens with zero attached hydrogens (tertiary/aromatic N) is 4. The standard InChI is InChI=1S/C22H26N4O4/c1-29-18-5-3-4-16(10-18)11-22(14-26(15-22)19-12-23-7-8-24-19)21(28)25-9-6-17(13-25)20(27)30-2/h3-5,7-8,10,12,17H,6,9,11,13-15H2,1-2H3. The molecule has 3 heterocycles. The van der Waals surface area contributed by atoms with E-state index in [1.165, 1.54) is 7.11 Å². The third-order valence-corrected chi connectivity index (χ3v) is 6.00. The Balaban J connectivity index is 1.55. The summed E-state index contributed by atoms with van der Waals surface area (Å²) in [6.45, 7) is 2.10. The lowest BCUT2D eigenvalue weighted by Crippen LogP contribution is -2.65. The van der Waals surface area contributed by atoms with E-state index in [-0.39, 0.29) is 17.8 Å². The van der Waals surface area contributed by atoms with Gasteiger partial charge in [0.05, 0.1) is 31.7 Å². The maximum Gasteiger partial charge on any atom is 0.310 e. The Morgan fingerprint density at radius 3 is 2.77 bits per heavy atom. The molecule has 1 aromatic carbocycles. The lowest BCUT2D eigenvalue weighted by atomic mass is 9.73. The van der Waals surface area contributed by atoms with Gasteiger partial charge in [-0.2, -0.15) is 0 Å². The lowest BCUT2D eigenvalue weighted by Gasteiger charge is -2.50. The summed E-state index contributed by atoms with van der Waals surface area (Å²) in [4.78, 5) is 37.9. The molecule has 1 atom stereocenters. The van der Waals surface area contributed by atoms with Crippen molar-refractivity contribution in [2.45, 2.75) is 12.8 Å². The predicted molar refractivity (Wildman–Crippen MR) is 110 cm³/mol. The van der Waals surface area contributed by atoms with Gasteiger partial charge in [-0.15, -0.1) is 0 Å². The zero-order valence-electron chi connectivity index (χ0n) is 17.3. The quantitative estimate of drug-likeness (QED) is 0.668. The van der Waals surface area contributed by atoms with E-state index in [2.05, 4.69) is 14.9 Å². The Bertz CT molecular complexity index is 914. The number of likely N-dealkylation sites (tertiary alicyclic amines) is 1. The van der Waals surface area contributed by atoms with Crippen LogP contribution in [0.15, 0.2) is 42.9 Å². The molecule has 8 nitrogen and oxygen atoms in total. The molecule has 0 spiro atoms. The predicted octanol–water partition coefficient (Wildman–Crippen LogP) is 1.56. The molecule has 0 saturated carbocycles. The molecule has 2 aliphatic heterocycles. The molecule has 4 rings (SSSR count). The van der Waals surface area contributed by atoms with Gasteiger partial charge in [-0.05, 0) is 30.5 Å². The number of esters is 1. The summed E-state index contributed by atoms with van der Waals surface area (Å²) >= 11 is 0. The number of hydrogen-bond donors (Lipinski definition) is 0. The molecule has 1 aromatic heterocycles. The average molecular weight is 410 g/mol. The molecular formula is C22H26N4O4. The van der Waals surface area contributed by atoms with E-state index in [1.54, 1.807) is 25.7 Å². The van der Waals surface area contributed by atoms with Crippen molar-refractivity contribution in [3.63, 3.8) is 0 Å². The van der Waals surface area contributed by atoms with E-state index in [4.69, 9.17) is 9.47 Å². The highest BCUT2D eigenvalue weighted by Gasteiger charge is 2.52. The molecule has 2 saturated heterocycles. The summed E-state index contributed by atoms with van der Waals surface area (Å²) in [5.41, 5.74) is 0.472. The molecule has 2 fully saturated rings. The molecule has 1 unspecified atom stereocenters. The Morgan fingerprint density at radius 1 is 1.23 bits per heavy atom. The molecule has 2 aliphatic rings. The molecule has 0 bridgehead atoms. The summed E-state index contributed by atoms with van der Waals surface area (Å²) in [7, 11) is 3.03. The maximum absolute atomic E-state index is 13.6. The van der Waals surface area contributed by atoms with Gasteiger partial charge in [-0.1, -0.05) is 12.1 Å². The Morgan fingerprint density at radius 2 is 2.07 bits per heavy atom. The first-order valence-corrected chi connectivity index (χ1v) is 10.1. The highest BCUT2D eigenvalue weighted by Crippen LogP contribution is 2.40. The second kappa shape index (κ2) is 8.30. The number of rotatable bonds is 6. The summed E-state index contributed by atoms with van der Waals surface area (Å²) in [5, 5.41) is 0. The van der Waals surface area contributed by atoms with Crippen molar-refractivity contribution >= 4 is 17.7 Å². The van der Waals surface area contributed by atoms with Crippen molar-refractivity contribution in [2.24, 2.45) is 11.3 Å². The lowest BCUT2D eigenvalue weighted by molar-refractivity contribution is -0.146. The first-order chi connectivity index (χ1) is 14.5. The molecule has 0 N–H and O–H groups in total. The molecule has 0 radical (unpaired) electrons. The monoisotopic (exact) mass is 410 g/mol. The van der Waals surface area contributed by atoms with Crippen LogP contribution in [0.1, 0.15) is 12.0 Å². The number of benzene rings is 1. The number of ether oxygens (including phenoxy) is 2. The van der Waals surface area contributed by atoms with Crippen LogP contribution >= 0.6 is 0 Å². The van der Waals surface area contributed by atoms with Gasteiger partial charge in [0, 0.05) is 38.6 Å². The largest absolute Gasteiger partial charge is 0.497 e. The van der Waals surface area contributed by atoms with E-state index in [1.807, 2.05) is 29.2 Å². The minimum atomic E-state index is -0.575. The topological polar surface area (TPSA) is 84.9 Å². The first kappa shape index (κ1) is 20.1. The van der Waals surface area contributed by atoms with E-state index in [0.29, 0.717) is 39.0 Å². The summed E-state index contributed by atoms with van der Waals surface area (Å²) in [5.74, 6) is 1.12. The molecular weight excluding hydrogens is 384 g/mol. The fraction of sp³-hybridized carbons (Fsp3) is 0.455. The van der Waals surface area contributed by atoms with Crippen LogP contribution in [-0.2, 0) is 20.7 Å². The summed E-state index contributed by atoms with van der Waals surface area (Å²) in [6, 6.07) is 7.83. The second-order valence-corrected chi connectivity index (χ2v) is 7.99. The van der Waals surface area contributed by atoms with Crippen molar-refractivity contribution in [3.8, 4) is 5.75 Å². The first-order valence-electron chi connectivity index (χ1n) is 10.1. The van der Waals surface area contributed by atoms with Crippen LogP contribution in [0.3, 0.4) is 0 Å². The van der Waals surface area contributed by atoms with Crippen LogP contribution in [0.25, 0.3) is 0 Å². The average Bonchev–Trinajstić information content (AvgIpc) is 3.26. The highest BCUT2D eigenvalue weighted by atomic mass is 16.5. The Kier molecular flexibility index (Phi) is 5.57. The van der Waals surface area contributed by atoms with E-state index >= 15 is 0 Å². The van der Waals surface area contributed by atoms with Crippen LogP contribution < -0.4 is 9.64 Å². The molecule has 0 aliphatic carbocycles. The van der Waals surface area contributed by atoms with Crippen molar-refractivity contribution in [1.29, 1.82) is 0 Å². The molecule has 158 valence electrons. The van der Waals surface area contributed by atoms with Crippen molar-refractivity contribution in [2.75, 3.05) is 45.3 Å². The number of amides is 1. The number of anilines is 1. The van der Waals surface area contributed by atoms with Gasteiger partial charge in [0.25, 0.3) is 0 Å². The number of carbonyl (C=O) groups is 2. The molecule has 8 heteroatoms. The fourth-order valence-corrected chi connectivity index (χ4v) is 4.44. The van der Waals surface area contributed by atoms with Gasteiger partial charge < -0.3 is 19.3 Å². The minimum Gasteiger partial charge on any atom is -0.497 e. The summed E-state index contributed by atoms with van der Waals surface area (Å²) < 4.78 is 10.2. The minimum absolute atomic E-state index is 0.0804. The van der Waals surface area contributed by atoms with Crippen LogP contribution in [0.2, 0.25) is 0 Å². The molecule has 1 amide bonds. The number of methoxy groups -OCH3 is 2. The van der Waals surface area contributed by atoms with E-state index in [9.17, 15) is 9.59 Å². The van der Waals surface area contributed by atoms with Gasteiger partial charge >= 0.3 is 5.97 Å². The van der Waals surface area contributed by atoms with Gasteiger partial charge in [-0.25, -0.2) is 4.98 Å². The third-order valence-electron chi connectivity index (χ3n) is 6.00. The Labute approximate surface area is 175 Å². The van der Waals surface area contributed by atoms with Crippen molar-refractivity contribution in [1.82, 2.24) is 14.9 Å². The fourth-order valence-electron chi connectivity index (χ4n) is 4.44. The van der Waals surface area contributed by atoms with Crippen molar-refractivity contribution < 1.29 is 19.1 Å². The van der Waals surface area contributed by atoms with E-state index < -0.39 is 5.41 Å². The second-order valence-electron chi connectivity index (χ2n) is 7.99. The SMILES string of the molecule is COC(=O)C1CCN(C(=O)C2(Cc3cccc(OC)c3)CN(c3cnccn3)C2)C1. The van der Waals surface area contributed by atoms with Gasteiger partial charge in [0.15, 0.2) is 0 Å². The molecule has 30 heavy (non-hydrogen) atoms. The van der Waals surface area contributed by atoms with Crippen LogP contribution in [-0.4, -0.2) is 67.1 Å². The summed E-state index contributed by atoms with van der Waals surface area (Å²) in [6.07, 6.45) is 6.24. The normalized spacial score (nSPS) is 19.9. The maximum atomic E-state index is 13.6. The van der Waals surface area contributed by atoms with Crippen LogP contribution in [0.4, 0.5) is 5.82 Å².